The molecule has 1 rings (SSSR count). The topological polar surface area (TPSA) is 196 Å². The molecule has 1 aliphatic rings. The molecule has 0 spiro atoms. The maximum absolute atomic E-state index is 10.4. The van der Waals surface area contributed by atoms with E-state index in [1.807, 2.05) is 0 Å². The van der Waals surface area contributed by atoms with Crippen LogP contribution in [-0.4, -0.2) is 46.2 Å². The number of primary amides is 2. The molecule has 0 aromatic rings. The fraction of sp³-hybridized carbons (Fsp3) is 0.556. The van der Waals surface area contributed by atoms with Crippen LogP contribution in [0.25, 0.3) is 0 Å². The first-order valence-electron chi connectivity index (χ1n) is 5.03. The van der Waals surface area contributed by atoms with Gasteiger partial charge in [0.1, 0.15) is 6.10 Å². The van der Waals surface area contributed by atoms with E-state index in [0.29, 0.717) is 12.8 Å². The number of amides is 3. The van der Waals surface area contributed by atoms with Crippen molar-refractivity contribution in [2.24, 2.45) is 11.5 Å². The number of nitrogens with one attached hydrogen (secondary N) is 1. The summed E-state index contributed by atoms with van der Waals surface area (Å²) in [4.78, 5) is 38.8. The van der Waals surface area contributed by atoms with Crippen molar-refractivity contribution in [1.82, 2.24) is 5.32 Å². The number of nitrogens with two attached hydrogens (primary N) is 2. The summed E-state index contributed by atoms with van der Waals surface area (Å²) in [6.07, 6.45) is -0.565. The van der Waals surface area contributed by atoms with E-state index >= 15 is 0 Å². The van der Waals surface area contributed by atoms with Crippen LogP contribution < -0.4 is 93.4 Å². The molecule has 0 saturated carbocycles. The number of carbonyl (C=O) groups excluding carboxylic acids is 3. The Morgan fingerprint density at radius 2 is 1.64 bits per heavy atom. The van der Waals surface area contributed by atoms with E-state index in [1.165, 1.54) is 6.92 Å². The van der Waals surface area contributed by atoms with E-state index in [9.17, 15) is 19.5 Å². The van der Waals surface area contributed by atoms with Crippen LogP contribution in [0, 0.1) is 0 Å². The van der Waals surface area contributed by atoms with Gasteiger partial charge in [0, 0.05) is 6.42 Å². The van der Waals surface area contributed by atoms with E-state index in [4.69, 9.17) is 15.0 Å². The maximum Gasteiger partial charge on any atom is 1.00 e. The van der Waals surface area contributed by atoms with Gasteiger partial charge in [0.15, 0.2) is 0 Å². The van der Waals surface area contributed by atoms with Crippen LogP contribution in [0.1, 0.15) is 19.8 Å². The number of urea groups is 1. The molecule has 118 valence electrons. The molecule has 1 fully saturated rings. The molecule has 0 aliphatic carbocycles. The summed E-state index contributed by atoms with van der Waals surface area (Å²) >= 11 is 0. The number of aliphatic hydroxyl groups is 1. The van der Waals surface area contributed by atoms with Gasteiger partial charge >= 0.3 is 71.1 Å². The third kappa shape index (κ3) is 24.9. The smallest absolute Gasteiger partial charge is 1.00 e. The summed E-state index contributed by atoms with van der Waals surface area (Å²) in [7, 11) is 0. The van der Waals surface area contributed by atoms with Crippen molar-refractivity contribution in [3.8, 4) is 0 Å². The average molecular weight is 360 g/mol. The third-order valence-electron chi connectivity index (χ3n) is 1.64. The molecule has 0 aromatic heterocycles. The first kappa shape index (κ1) is 33.5. The largest absolute Gasteiger partial charge is 1.00 e. The monoisotopic (exact) mass is 359 g/mol. The summed E-state index contributed by atoms with van der Waals surface area (Å²) in [5, 5.41) is 28.0. The number of carboxylic acids is 2. The molecular formula is C9H16ClN3Na2O7. The van der Waals surface area contributed by atoms with Crippen LogP contribution in [0.2, 0.25) is 0 Å². The SMILES string of the molecule is CC(O)C(=O)O.NC(N)=O.O=C1CCC(C(=O)[O-])N1.[Cl-].[Na+].[Na+]. The van der Waals surface area contributed by atoms with Gasteiger partial charge in [-0.3, -0.25) is 4.79 Å². The van der Waals surface area contributed by atoms with Crippen molar-refractivity contribution in [3.05, 3.63) is 0 Å². The van der Waals surface area contributed by atoms with Gasteiger partial charge in [-0.25, -0.2) is 9.59 Å². The van der Waals surface area contributed by atoms with Gasteiger partial charge in [0.2, 0.25) is 5.91 Å². The number of rotatable bonds is 2. The number of aliphatic carboxylic acids is 2. The Labute approximate surface area is 177 Å². The number of halogens is 1. The molecule has 1 aliphatic heterocycles. The Morgan fingerprint density at radius 1 is 1.32 bits per heavy atom. The molecular weight excluding hydrogens is 344 g/mol. The van der Waals surface area contributed by atoms with Crippen LogP contribution in [0.4, 0.5) is 4.79 Å². The van der Waals surface area contributed by atoms with E-state index in [-0.39, 0.29) is 77.4 Å². The zero-order chi connectivity index (χ0) is 15.6. The second-order valence-corrected chi connectivity index (χ2v) is 3.39. The predicted molar refractivity (Wildman–Crippen MR) is 59.3 cm³/mol. The Morgan fingerprint density at radius 3 is 1.73 bits per heavy atom. The first-order valence-corrected chi connectivity index (χ1v) is 5.03. The van der Waals surface area contributed by atoms with Crippen molar-refractivity contribution in [3.63, 3.8) is 0 Å². The van der Waals surface area contributed by atoms with Crippen LogP contribution in [0.15, 0.2) is 0 Å². The number of aliphatic hydroxyl groups excluding tert-OH is 1. The number of hydrogen-bond donors (Lipinski definition) is 5. The quantitative estimate of drug-likeness (QED) is 0.301. The molecule has 3 amide bonds. The summed E-state index contributed by atoms with van der Waals surface area (Å²) in [5.41, 5.74) is 8.50. The van der Waals surface area contributed by atoms with E-state index < -0.39 is 30.1 Å². The van der Waals surface area contributed by atoms with Crippen molar-refractivity contribution in [2.45, 2.75) is 31.9 Å². The van der Waals surface area contributed by atoms with Crippen LogP contribution >= 0.6 is 0 Å². The van der Waals surface area contributed by atoms with Crippen molar-refractivity contribution in [1.29, 1.82) is 0 Å². The average Bonchev–Trinajstić information content (AvgIpc) is 2.64. The summed E-state index contributed by atoms with van der Waals surface area (Å²) in [6, 6.07) is -1.59. The van der Waals surface area contributed by atoms with Gasteiger partial charge in [-0.2, -0.15) is 0 Å². The van der Waals surface area contributed by atoms with Crippen molar-refractivity contribution in [2.75, 3.05) is 0 Å². The van der Waals surface area contributed by atoms with Gasteiger partial charge in [-0.1, -0.05) is 0 Å². The fourth-order valence-corrected chi connectivity index (χ4v) is 0.791. The second kappa shape index (κ2) is 19.0. The predicted octanol–water partition coefficient (Wildman–Crippen LogP) is -12.5. The van der Waals surface area contributed by atoms with Crippen LogP contribution in [-0.2, 0) is 14.4 Å². The molecule has 1 saturated heterocycles. The van der Waals surface area contributed by atoms with E-state index in [2.05, 4.69) is 16.8 Å². The maximum atomic E-state index is 10.4. The standard InChI is InChI=1S/C5H7NO3.C3H6O3.CH4N2O.ClH.2Na/c7-4-2-1-3(6-4)5(8)9;1-2(4)3(5)6;2-1(3)4;;;/h3H,1-2H2,(H,6,7)(H,8,9);2,4H,1H3,(H,5,6);(H4,2,3,4);1H;;/q;;;;2*+1/p-2. The van der Waals surface area contributed by atoms with E-state index in [1.54, 1.807) is 0 Å². The molecule has 0 aromatic carbocycles. The van der Waals surface area contributed by atoms with Gasteiger partial charge in [0.25, 0.3) is 0 Å². The molecule has 10 nitrogen and oxygen atoms in total. The molecule has 2 atom stereocenters. The summed E-state index contributed by atoms with van der Waals surface area (Å²) < 4.78 is 0. The third-order valence-corrected chi connectivity index (χ3v) is 1.64. The normalized spacial score (nSPS) is 15.4. The number of carboxylic acid groups (broad SMARTS) is 2. The summed E-state index contributed by atoms with van der Waals surface area (Å²) in [6.45, 7) is 1.20. The van der Waals surface area contributed by atoms with E-state index in [0.717, 1.165) is 0 Å². The number of hydrogen-bond acceptors (Lipinski definition) is 6. The van der Waals surface area contributed by atoms with Gasteiger partial charge in [-0.15, -0.1) is 0 Å². The van der Waals surface area contributed by atoms with Crippen LogP contribution in [0.3, 0.4) is 0 Å². The summed E-state index contributed by atoms with van der Waals surface area (Å²) in [5.74, 6) is -2.58. The molecule has 2 unspecified atom stereocenters. The number of carbonyl (C=O) groups is 4. The minimum Gasteiger partial charge on any atom is -1.00 e. The van der Waals surface area contributed by atoms with Gasteiger partial charge in [0.05, 0.1) is 12.0 Å². The molecule has 22 heavy (non-hydrogen) atoms. The van der Waals surface area contributed by atoms with Crippen molar-refractivity contribution >= 4 is 23.9 Å². The second-order valence-electron chi connectivity index (χ2n) is 3.39. The molecule has 7 N–H and O–H groups in total. The molecule has 0 bridgehead atoms. The Balaban J connectivity index is -0.0000000664. The zero-order valence-corrected chi connectivity index (χ0v) is 17.3. The molecule has 0 radical (unpaired) electrons. The fourth-order valence-electron chi connectivity index (χ4n) is 0.791. The Kier molecular flexibility index (Phi) is 28.9. The Hall–Kier alpha value is -0.0700. The van der Waals surface area contributed by atoms with Crippen LogP contribution in [0.5, 0.6) is 0 Å². The zero-order valence-electron chi connectivity index (χ0n) is 12.5. The first-order chi connectivity index (χ1) is 8.57. The minimum absolute atomic E-state index is 0. The molecule has 1 heterocycles. The molecule has 13 heteroatoms. The minimum atomic E-state index is -1.23. The van der Waals surface area contributed by atoms with Crippen molar-refractivity contribution < 1.29 is 106 Å². The van der Waals surface area contributed by atoms with Gasteiger partial charge in [-0.05, 0) is 13.3 Å². The Bertz CT molecular complexity index is 354. The van der Waals surface area contributed by atoms with Gasteiger partial charge < -0.3 is 49.3 Å².